The lowest BCUT2D eigenvalue weighted by Gasteiger charge is -2.27. The van der Waals surface area contributed by atoms with Crippen LogP contribution in [0.5, 0.6) is 5.75 Å². The summed E-state index contributed by atoms with van der Waals surface area (Å²) in [4.78, 5) is 18.5. The van der Waals surface area contributed by atoms with Crippen molar-refractivity contribution in [2.24, 2.45) is 7.05 Å². The Bertz CT molecular complexity index is 671. The lowest BCUT2D eigenvalue weighted by molar-refractivity contribution is -0.0343. The molecule has 23 heavy (non-hydrogen) atoms. The van der Waals surface area contributed by atoms with Crippen LogP contribution in [-0.2, 0) is 11.8 Å². The molecule has 0 N–H and O–H groups in total. The van der Waals surface area contributed by atoms with E-state index in [2.05, 4.69) is 4.98 Å². The number of methoxy groups -OCH3 is 1. The van der Waals surface area contributed by atoms with Gasteiger partial charge >= 0.3 is 0 Å². The first-order valence-electron chi connectivity index (χ1n) is 7.63. The number of para-hydroxylation sites is 1. The molecule has 1 aliphatic heterocycles. The SMILES string of the molecule is CO[C@@]1(COc2ccccc2)CCN(C(=O)c2nccn2C)C1. The van der Waals surface area contributed by atoms with Crippen LogP contribution in [-0.4, -0.2) is 52.8 Å². The zero-order valence-electron chi connectivity index (χ0n) is 13.4. The Kier molecular flexibility index (Phi) is 4.34. The van der Waals surface area contributed by atoms with Crippen LogP contribution >= 0.6 is 0 Å². The number of ether oxygens (including phenoxy) is 2. The van der Waals surface area contributed by atoms with Crippen molar-refractivity contribution in [2.45, 2.75) is 12.0 Å². The lowest BCUT2D eigenvalue weighted by Crippen LogP contribution is -2.42. The van der Waals surface area contributed by atoms with E-state index in [9.17, 15) is 4.79 Å². The second kappa shape index (κ2) is 6.42. The van der Waals surface area contributed by atoms with E-state index in [0.717, 1.165) is 12.2 Å². The van der Waals surface area contributed by atoms with Crippen molar-refractivity contribution in [3.8, 4) is 5.75 Å². The third-order valence-electron chi connectivity index (χ3n) is 4.29. The quantitative estimate of drug-likeness (QED) is 0.843. The molecule has 3 rings (SSSR count). The summed E-state index contributed by atoms with van der Waals surface area (Å²) in [6.45, 7) is 1.55. The molecule has 0 spiro atoms. The molecule has 1 amide bonds. The Labute approximate surface area is 135 Å². The summed E-state index contributed by atoms with van der Waals surface area (Å²) in [6.07, 6.45) is 4.14. The van der Waals surface area contributed by atoms with Crippen LogP contribution < -0.4 is 4.74 Å². The fraction of sp³-hybridized carbons (Fsp3) is 0.412. The Hall–Kier alpha value is -2.34. The first-order valence-corrected chi connectivity index (χ1v) is 7.63. The van der Waals surface area contributed by atoms with Gasteiger partial charge in [0.15, 0.2) is 5.82 Å². The van der Waals surface area contributed by atoms with Gasteiger partial charge in [0.2, 0.25) is 0 Å². The van der Waals surface area contributed by atoms with E-state index in [4.69, 9.17) is 9.47 Å². The molecule has 2 heterocycles. The molecule has 122 valence electrons. The number of rotatable bonds is 5. The van der Waals surface area contributed by atoms with E-state index in [1.807, 2.05) is 37.4 Å². The molecule has 1 aliphatic rings. The van der Waals surface area contributed by atoms with E-state index in [1.54, 1.807) is 29.0 Å². The molecule has 1 aromatic carbocycles. The van der Waals surface area contributed by atoms with Gasteiger partial charge in [-0.15, -0.1) is 0 Å². The van der Waals surface area contributed by atoms with Crippen LogP contribution in [0.2, 0.25) is 0 Å². The number of imidazole rings is 1. The minimum atomic E-state index is -0.476. The van der Waals surface area contributed by atoms with Crippen molar-refractivity contribution in [1.29, 1.82) is 0 Å². The first-order chi connectivity index (χ1) is 11.1. The number of aryl methyl sites for hydroxylation is 1. The maximum Gasteiger partial charge on any atom is 0.289 e. The molecule has 0 saturated carbocycles. The number of nitrogens with zero attached hydrogens (tertiary/aromatic N) is 3. The molecule has 1 atom stereocenters. The summed E-state index contributed by atoms with van der Waals surface area (Å²) in [5.41, 5.74) is -0.476. The Balaban J connectivity index is 1.66. The van der Waals surface area contributed by atoms with Gasteiger partial charge in [0.05, 0.1) is 6.54 Å². The summed E-state index contributed by atoms with van der Waals surface area (Å²) in [5, 5.41) is 0. The number of amides is 1. The second-order valence-electron chi connectivity index (χ2n) is 5.83. The van der Waals surface area contributed by atoms with Gasteiger partial charge in [-0.05, 0) is 18.6 Å². The summed E-state index contributed by atoms with van der Waals surface area (Å²) in [5.74, 6) is 1.18. The molecule has 0 bridgehead atoms. The largest absolute Gasteiger partial charge is 0.491 e. The van der Waals surface area contributed by atoms with Gasteiger partial charge in [-0.2, -0.15) is 0 Å². The second-order valence-corrected chi connectivity index (χ2v) is 5.83. The molecule has 0 aliphatic carbocycles. The number of aromatic nitrogens is 2. The fourth-order valence-corrected chi connectivity index (χ4v) is 2.81. The highest BCUT2D eigenvalue weighted by molar-refractivity contribution is 5.91. The van der Waals surface area contributed by atoms with Crippen LogP contribution in [0.15, 0.2) is 42.7 Å². The highest BCUT2D eigenvalue weighted by atomic mass is 16.5. The van der Waals surface area contributed by atoms with Crippen molar-refractivity contribution >= 4 is 5.91 Å². The molecule has 0 unspecified atom stereocenters. The van der Waals surface area contributed by atoms with Gasteiger partial charge in [-0.25, -0.2) is 4.98 Å². The van der Waals surface area contributed by atoms with Gasteiger partial charge in [-0.3, -0.25) is 4.79 Å². The zero-order chi connectivity index (χ0) is 16.3. The molecule has 6 heteroatoms. The van der Waals surface area contributed by atoms with E-state index in [-0.39, 0.29) is 5.91 Å². The maximum absolute atomic E-state index is 12.6. The molecule has 2 aromatic rings. The van der Waals surface area contributed by atoms with Crippen molar-refractivity contribution in [1.82, 2.24) is 14.5 Å². The van der Waals surface area contributed by atoms with Gasteiger partial charge in [0.1, 0.15) is 18.0 Å². The van der Waals surface area contributed by atoms with Crippen LogP contribution in [0.1, 0.15) is 17.0 Å². The summed E-state index contributed by atoms with van der Waals surface area (Å²) in [7, 11) is 3.49. The third kappa shape index (κ3) is 3.22. The third-order valence-corrected chi connectivity index (χ3v) is 4.29. The standard InChI is InChI=1S/C17H21N3O3/c1-19-11-9-18-15(19)16(21)20-10-8-17(12-20,22-2)13-23-14-6-4-3-5-7-14/h3-7,9,11H,8,10,12-13H2,1-2H3/t17-/m0/s1. The normalized spacial score (nSPS) is 20.7. The highest BCUT2D eigenvalue weighted by Gasteiger charge is 2.42. The molecular weight excluding hydrogens is 294 g/mol. The van der Waals surface area contributed by atoms with Crippen LogP contribution in [0.4, 0.5) is 0 Å². The summed E-state index contributed by atoms with van der Waals surface area (Å²) >= 11 is 0. The first kappa shape index (κ1) is 15.6. The molecule has 0 radical (unpaired) electrons. The van der Waals surface area contributed by atoms with Crippen molar-refractivity contribution in [3.63, 3.8) is 0 Å². The molecule has 1 saturated heterocycles. The van der Waals surface area contributed by atoms with E-state index >= 15 is 0 Å². The minimum absolute atomic E-state index is 0.0730. The Morgan fingerprint density at radius 2 is 2.13 bits per heavy atom. The smallest absolute Gasteiger partial charge is 0.289 e. The van der Waals surface area contributed by atoms with Gasteiger partial charge in [0.25, 0.3) is 5.91 Å². The number of carbonyl (C=O) groups is 1. The van der Waals surface area contributed by atoms with Gasteiger partial charge in [0, 0.05) is 33.1 Å². The van der Waals surface area contributed by atoms with E-state index in [1.165, 1.54) is 0 Å². The summed E-state index contributed by atoms with van der Waals surface area (Å²) < 4.78 is 13.3. The molecule has 1 aromatic heterocycles. The highest BCUT2D eigenvalue weighted by Crippen LogP contribution is 2.27. The maximum atomic E-state index is 12.6. The molecule has 1 fully saturated rings. The van der Waals surface area contributed by atoms with Gasteiger partial charge < -0.3 is 18.9 Å². The number of carbonyl (C=O) groups excluding carboxylic acids is 1. The van der Waals surface area contributed by atoms with Crippen LogP contribution in [0.25, 0.3) is 0 Å². The predicted molar refractivity (Wildman–Crippen MR) is 85.4 cm³/mol. The predicted octanol–water partition coefficient (Wildman–Crippen LogP) is 1.73. The van der Waals surface area contributed by atoms with Crippen LogP contribution in [0, 0.1) is 0 Å². The van der Waals surface area contributed by atoms with Crippen molar-refractivity contribution in [3.05, 3.63) is 48.5 Å². The lowest BCUT2D eigenvalue weighted by atomic mass is 10.0. The minimum Gasteiger partial charge on any atom is -0.491 e. The topological polar surface area (TPSA) is 56.6 Å². The number of hydrogen-bond donors (Lipinski definition) is 0. The van der Waals surface area contributed by atoms with E-state index < -0.39 is 5.60 Å². The number of hydrogen-bond acceptors (Lipinski definition) is 4. The number of benzene rings is 1. The average molecular weight is 315 g/mol. The monoisotopic (exact) mass is 315 g/mol. The molecular formula is C17H21N3O3. The Morgan fingerprint density at radius 3 is 2.78 bits per heavy atom. The van der Waals surface area contributed by atoms with E-state index in [0.29, 0.717) is 25.5 Å². The van der Waals surface area contributed by atoms with Crippen molar-refractivity contribution in [2.75, 3.05) is 26.8 Å². The number of likely N-dealkylation sites (tertiary alicyclic amines) is 1. The van der Waals surface area contributed by atoms with Gasteiger partial charge in [-0.1, -0.05) is 18.2 Å². The summed E-state index contributed by atoms with van der Waals surface area (Å²) in [6, 6.07) is 9.63. The molecule has 6 nitrogen and oxygen atoms in total. The van der Waals surface area contributed by atoms with Crippen LogP contribution in [0.3, 0.4) is 0 Å². The fourth-order valence-electron chi connectivity index (χ4n) is 2.81. The van der Waals surface area contributed by atoms with Crippen molar-refractivity contribution < 1.29 is 14.3 Å². The zero-order valence-corrected chi connectivity index (χ0v) is 13.4. The Morgan fingerprint density at radius 1 is 1.35 bits per heavy atom. The average Bonchev–Trinajstić information content (AvgIpc) is 3.20.